The molecule has 6 heterocycles. The van der Waals surface area contributed by atoms with Gasteiger partial charge in [-0.05, 0) is 122 Å². The number of hydrogen-bond acceptors (Lipinski definition) is 8. The van der Waals surface area contributed by atoms with E-state index in [9.17, 15) is 9.59 Å². The molecule has 2 aromatic carbocycles. The fraction of sp³-hybridized carbons (Fsp3) is 0.400. The van der Waals surface area contributed by atoms with Gasteiger partial charge in [0, 0.05) is 46.4 Å². The number of fused-ring (bicyclic) bond motifs is 2. The Kier molecular flexibility index (Phi) is 15.7. The molecule has 0 saturated heterocycles. The quantitative estimate of drug-likeness (QED) is 0.112. The molecule has 10 rings (SSSR count). The number of nitrogens with zero attached hydrogens (tertiary/aromatic N) is 6. The molecule has 362 valence electrons. The Balaban J connectivity index is 0.000000188. The fourth-order valence-corrected chi connectivity index (χ4v) is 12.1. The monoisotopic (exact) mass is 998 g/mol. The van der Waals surface area contributed by atoms with Crippen molar-refractivity contribution in [1.29, 1.82) is 0 Å². The average Bonchev–Trinajstić information content (AvgIpc) is 4.05. The van der Waals surface area contributed by atoms with Gasteiger partial charge in [0.1, 0.15) is 18.2 Å². The number of aliphatic imine (C=N–C) groups is 3. The zero-order valence-corrected chi connectivity index (χ0v) is 46.0. The van der Waals surface area contributed by atoms with Crippen LogP contribution in [0.3, 0.4) is 0 Å². The number of allylic oxidation sites excluding steroid dienone is 1. The maximum atomic E-state index is 13.7. The molecule has 6 unspecified atom stereocenters. The van der Waals surface area contributed by atoms with E-state index in [1.165, 1.54) is 0 Å². The largest absolute Gasteiger partial charge is 2.00 e. The molecule has 11 heteroatoms. The van der Waals surface area contributed by atoms with E-state index in [2.05, 4.69) is 57.6 Å². The van der Waals surface area contributed by atoms with Crippen LogP contribution >= 0.6 is 0 Å². The molecule has 0 spiro atoms. The number of dihydropyridines is 1. The van der Waals surface area contributed by atoms with Gasteiger partial charge in [0.15, 0.2) is 0 Å². The standard InChI is InChI=1S/C30H35N3O2.C30H33N3O2.Zn/c2*1-17-14-18(2)29(19(3)15-17)35-30(34)26-21(5)33-24(27(26)22-10-7-6-8-11-22)16-25-28-23(20(4)32-25)12-9-13-31-28;/h6-13,16-19,23,28-29H,14-15H2,1-5H3,(H,33,34);6-13,16-19,29H,14-15H2,1-5H3,(H,31,32,33,34);/q;;+2/p-2/b25-16-;;. The van der Waals surface area contributed by atoms with E-state index in [0.717, 1.165) is 87.7 Å². The van der Waals surface area contributed by atoms with E-state index in [1.54, 1.807) is 6.20 Å². The van der Waals surface area contributed by atoms with Crippen molar-refractivity contribution in [2.45, 2.75) is 113 Å². The number of carbonyl (C=O) groups excluding carboxylic acids is 2. The van der Waals surface area contributed by atoms with Gasteiger partial charge < -0.3 is 19.4 Å². The summed E-state index contributed by atoms with van der Waals surface area (Å²) in [5.41, 5.74) is 12.9. The summed E-state index contributed by atoms with van der Waals surface area (Å²) in [5.74, 6) is 2.28. The number of ether oxygens (including phenoxy) is 2. The number of esters is 2. The molecule has 0 radical (unpaired) electrons. The van der Waals surface area contributed by atoms with E-state index in [1.807, 2.05) is 125 Å². The third-order valence-electron chi connectivity index (χ3n) is 15.0. The van der Waals surface area contributed by atoms with E-state index in [4.69, 9.17) is 29.4 Å². The van der Waals surface area contributed by atoms with E-state index in [-0.39, 0.29) is 55.6 Å². The number of aromatic nitrogens is 3. The van der Waals surface area contributed by atoms with Crippen molar-refractivity contribution in [1.82, 2.24) is 15.0 Å². The van der Waals surface area contributed by atoms with Gasteiger partial charge in [-0.2, -0.15) is 0 Å². The predicted octanol–water partition coefficient (Wildman–Crippen LogP) is 12.8. The van der Waals surface area contributed by atoms with Crippen molar-refractivity contribution in [3.05, 3.63) is 142 Å². The molecule has 2 aliphatic carbocycles. The summed E-state index contributed by atoms with van der Waals surface area (Å²) < 4.78 is 12.4. The number of pyridine rings is 1. The summed E-state index contributed by atoms with van der Waals surface area (Å²) in [4.78, 5) is 55.9. The van der Waals surface area contributed by atoms with Gasteiger partial charge in [0.05, 0.1) is 17.1 Å². The summed E-state index contributed by atoms with van der Waals surface area (Å²) >= 11 is 0. The SMILES string of the molecule is CC1=N/C(=C\c2[n-]c(C)c(C(=O)OC3C(C)CC(C)CC3C)c2-c2ccccc2)C2N=CC=CC12.CC1=N/C(=C\c2[n-]c(C)c(C(=O)OC3C(C)CC(C)CC3C)c2-c2ccccc2)c2ncccc21.[Zn+2]. The molecule has 0 bridgehead atoms. The first-order valence-corrected chi connectivity index (χ1v) is 25.2. The van der Waals surface area contributed by atoms with Gasteiger partial charge in [-0.15, -0.1) is 22.8 Å². The van der Waals surface area contributed by atoms with Crippen LogP contribution in [0.1, 0.15) is 136 Å². The number of aryl methyl sites for hydroxylation is 2. The second kappa shape index (κ2) is 21.7. The molecule has 5 aliphatic rings. The van der Waals surface area contributed by atoms with Gasteiger partial charge >= 0.3 is 31.4 Å². The molecular weight excluding hydrogens is 934 g/mol. The van der Waals surface area contributed by atoms with Gasteiger partial charge in [-0.25, -0.2) is 9.59 Å². The summed E-state index contributed by atoms with van der Waals surface area (Å²) in [6.45, 7) is 21.2. The van der Waals surface area contributed by atoms with Gasteiger partial charge in [0.25, 0.3) is 0 Å². The minimum atomic E-state index is -0.290. The van der Waals surface area contributed by atoms with Gasteiger partial charge in [-0.3, -0.25) is 20.0 Å². The second-order valence-corrected chi connectivity index (χ2v) is 20.8. The zero-order valence-electron chi connectivity index (χ0n) is 43.0. The number of rotatable bonds is 8. The van der Waals surface area contributed by atoms with Crippen molar-refractivity contribution in [2.75, 3.05) is 0 Å². The van der Waals surface area contributed by atoms with Crippen LogP contribution in [-0.4, -0.2) is 52.8 Å². The Labute approximate surface area is 432 Å². The Morgan fingerprint density at radius 2 is 1.13 bits per heavy atom. The minimum absolute atomic E-state index is 0. The first-order chi connectivity index (χ1) is 33.7. The first-order valence-electron chi connectivity index (χ1n) is 25.2. The molecule has 2 fully saturated rings. The molecule has 0 N–H and O–H groups in total. The number of hydrogen-bond donors (Lipinski definition) is 0. The molecule has 3 aromatic heterocycles. The van der Waals surface area contributed by atoms with Crippen LogP contribution in [0.5, 0.6) is 0 Å². The van der Waals surface area contributed by atoms with E-state index < -0.39 is 0 Å². The van der Waals surface area contributed by atoms with Crippen LogP contribution in [-0.2, 0) is 29.0 Å². The summed E-state index contributed by atoms with van der Waals surface area (Å²) in [6.07, 6.45) is 15.8. The second-order valence-electron chi connectivity index (χ2n) is 20.8. The van der Waals surface area contributed by atoms with Crippen LogP contribution in [0, 0.1) is 55.3 Å². The average molecular weight is 1000 g/mol. The smallest absolute Gasteiger partial charge is 0.660 e. The molecule has 0 amide bonds. The number of benzene rings is 2. The van der Waals surface area contributed by atoms with Crippen molar-refractivity contribution in [3.8, 4) is 22.3 Å². The maximum Gasteiger partial charge on any atom is 2.00 e. The van der Waals surface area contributed by atoms with E-state index in [0.29, 0.717) is 63.7 Å². The topological polar surface area (TPSA) is 131 Å². The Bertz CT molecular complexity index is 2930. The maximum absolute atomic E-state index is 13.7. The summed E-state index contributed by atoms with van der Waals surface area (Å²) in [5, 5.41) is 0. The van der Waals surface area contributed by atoms with Crippen molar-refractivity contribution in [2.24, 2.45) is 56.4 Å². The predicted molar refractivity (Wildman–Crippen MR) is 282 cm³/mol. The third kappa shape index (κ3) is 10.6. The number of carbonyl (C=O) groups is 2. The van der Waals surface area contributed by atoms with Crippen LogP contribution in [0.2, 0.25) is 0 Å². The fourth-order valence-electron chi connectivity index (χ4n) is 12.1. The Morgan fingerprint density at radius 1 is 0.634 bits per heavy atom. The van der Waals surface area contributed by atoms with Crippen LogP contribution in [0.4, 0.5) is 0 Å². The molecule has 71 heavy (non-hydrogen) atoms. The van der Waals surface area contributed by atoms with Gasteiger partial charge in [-0.1, -0.05) is 128 Å². The first kappa shape index (κ1) is 51.3. The van der Waals surface area contributed by atoms with Crippen molar-refractivity contribution >= 4 is 47.4 Å². The third-order valence-corrected chi connectivity index (χ3v) is 15.0. The molecule has 10 nitrogen and oxygen atoms in total. The molecule has 3 aliphatic heterocycles. The molecule has 6 atom stereocenters. The molecular formula is C60H66N6O4Zn. The van der Waals surface area contributed by atoms with Crippen molar-refractivity contribution in [3.63, 3.8) is 0 Å². The Morgan fingerprint density at radius 3 is 1.63 bits per heavy atom. The van der Waals surface area contributed by atoms with Crippen LogP contribution < -0.4 is 9.97 Å². The normalized spacial score (nSPS) is 27.5. The minimum Gasteiger partial charge on any atom is -0.660 e. The molecule has 2 saturated carbocycles. The Hall–Kier alpha value is -6.06. The van der Waals surface area contributed by atoms with Crippen LogP contribution in [0.15, 0.2) is 112 Å². The summed E-state index contributed by atoms with van der Waals surface area (Å²) in [7, 11) is 0. The van der Waals surface area contributed by atoms with Crippen LogP contribution in [0.25, 0.3) is 40.1 Å². The van der Waals surface area contributed by atoms with E-state index >= 15 is 0 Å². The molecule has 5 aromatic rings. The zero-order chi connectivity index (χ0) is 49.4. The summed E-state index contributed by atoms with van der Waals surface area (Å²) in [6, 6.07) is 23.9. The van der Waals surface area contributed by atoms with Crippen molar-refractivity contribution < 1.29 is 38.5 Å². The van der Waals surface area contributed by atoms with Gasteiger partial charge in [0.2, 0.25) is 0 Å².